The van der Waals surface area contributed by atoms with Crippen molar-refractivity contribution >= 4 is 16.7 Å². The van der Waals surface area contributed by atoms with E-state index in [9.17, 15) is 0 Å². The van der Waals surface area contributed by atoms with Crippen LogP contribution in [0.5, 0.6) is 5.75 Å². The minimum Gasteiger partial charge on any atom is -0.508 e. The molecule has 0 radical (unpaired) electrons. The molecule has 0 fully saturated rings. The molecule has 11 heavy (non-hydrogen) atoms. The smallest absolute Gasteiger partial charge is 0.115 e. The lowest BCUT2D eigenvalue weighted by atomic mass is 10.3. The van der Waals surface area contributed by atoms with Crippen LogP contribution in [0.15, 0.2) is 30.3 Å². The van der Waals surface area contributed by atoms with Crippen molar-refractivity contribution in [1.82, 2.24) is 6.15 Å². The number of carbonyl (C=O) groups is 1. The van der Waals surface area contributed by atoms with Crippen LogP contribution in [0.25, 0.3) is 0 Å². The highest BCUT2D eigenvalue weighted by molar-refractivity contribution is 6.92. The van der Waals surface area contributed by atoms with Crippen molar-refractivity contribution in [3.05, 3.63) is 30.3 Å². The van der Waals surface area contributed by atoms with Crippen molar-refractivity contribution in [2.45, 2.75) is 0 Å². The minimum atomic E-state index is 0. The molecule has 1 aromatic rings. The molecule has 0 saturated heterocycles. The first kappa shape index (κ1) is 16.6. The van der Waals surface area contributed by atoms with Gasteiger partial charge in [0.05, 0.1) is 0 Å². The first-order chi connectivity index (χ1) is 4.39. The van der Waals surface area contributed by atoms with Crippen LogP contribution in [0.2, 0.25) is 0 Å². The summed E-state index contributed by atoms with van der Waals surface area (Å²) in [6.07, 6.45) is 0. The summed E-state index contributed by atoms with van der Waals surface area (Å²) in [7, 11) is 0. The minimum absolute atomic E-state index is 0. The van der Waals surface area contributed by atoms with Crippen molar-refractivity contribution < 1.29 is 9.90 Å². The molecule has 0 aliphatic rings. The Hall–Kier alpha value is -0.920. The van der Waals surface area contributed by atoms with Gasteiger partial charge < -0.3 is 16.1 Å². The number of phenolic OH excluding ortho intramolecular Hbond substituents is 1. The summed E-state index contributed by atoms with van der Waals surface area (Å²) in [6.45, 7) is 2.00. The normalized spacial score (nSPS) is 5.82. The average molecular weight is 175 g/mol. The number of aromatic hydroxyl groups is 1. The second kappa shape index (κ2) is 11.8. The van der Waals surface area contributed by atoms with E-state index in [0.29, 0.717) is 5.75 Å². The number of hydrogen-bond donors (Lipinski definition) is 2. The van der Waals surface area contributed by atoms with Crippen molar-refractivity contribution in [3.63, 3.8) is 0 Å². The van der Waals surface area contributed by atoms with E-state index in [1.165, 1.54) is 0 Å². The van der Waals surface area contributed by atoms with Gasteiger partial charge in [-0.2, -0.15) is 9.90 Å². The Morgan fingerprint density at radius 3 is 1.64 bits per heavy atom. The fourth-order valence-corrected chi connectivity index (χ4v) is 0.428. The molecule has 1 aromatic carbocycles. The quantitative estimate of drug-likeness (QED) is 0.586. The van der Waals surface area contributed by atoms with Crippen LogP contribution in [0.4, 0.5) is 0 Å². The van der Waals surface area contributed by atoms with E-state index in [1.54, 1.807) is 24.3 Å². The first-order valence-electron chi connectivity index (χ1n) is 2.42. The van der Waals surface area contributed by atoms with Gasteiger partial charge in [-0.25, -0.2) is 0 Å². The number of carbonyl (C=O) groups excluding carboxylic acids is 1. The summed E-state index contributed by atoms with van der Waals surface area (Å²) in [4.78, 5) is 8.00. The molecule has 1 rings (SSSR count). The van der Waals surface area contributed by atoms with Crippen LogP contribution in [0.1, 0.15) is 0 Å². The molecule has 64 valence electrons. The summed E-state index contributed by atoms with van der Waals surface area (Å²) in [6, 6.07) is 8.71. The Balaban J connectivity index is -0.000000149. The second-order valence-corrected chi connectivity index (χ2v) is 1.34. The Kier molecular flexibility index (Phi) is 17.8. The van der Waals surface area contributed by atoms with Gasteiger partial charge in [-0.15, -0.1) is 0 Å². The SMILES string of the molecule is C=O.N.Oc1ccccc1.P. The van der Waals surface area contributed by atoms with E-state index >= 15 is 0 Å². The molecule has 4 N–H and O–H groups in total. The molecular formula is C7H14NO2P. The molecule has 3 nitrogen and oxygen atoms in total. The van der Waals surface area contributed by atoms with Gasteiger partial charge >= 0.3 is 0 Å². The lowest BCUT2D eigenvalue weighted by Gasteiger charge is -1.82. The number of rotatable bonds is 0. The number of benzene rings is 1. The van der Waals surface area contributed by atoms with Gasteiger partial charge in [0, 0.05) is 0 Å². The third-order valence-electron chi connectivity index (χ3n) is 0.756. The predicted molar refractivity (Wildman–Crippen MR) is 51.4 cm³/mol. The van der Waals surface area contributed by atoms with Gasteiger partial charge in [0.15, 0.2) is 0 Å². The van der Waals surface area contributed by atoms with E-state index in [0.717, 1.165) is 0 Å². The van der Waals surface area contributed by atoms with Crippen molar-refractivity contribution in [2.75, 3.05) is 0 Å². The summed E-state index contributed by atoms with van der Waals surface area (Å²) in [5.41, 5.74) is 0. The maximum absolute atomic E-state index is 8.63. The standard InChI is InChI=1S/C6H6O.CH2O.H3N.H3P/c7-6-4-2-1-3-5-6;1-2;;/h1-5,7H;1H2;2*1H3. The second-order valence-electron chi connectivity index (χ2n) is 1.34. The largest absolute Gasteiger partial charge is 0.508 e. The highest BCUT2D eigenvalue weighted by Crippen LogP contribution is 2.02. The molecule has 1 unspecified atom stereocenters. The topological polar surface area (TPSA) is 72.3 Å². The Morgan fingerprint density at radius 2 is 1.45 bits per heavy atom. The molecule has 0 aliphatic carbocycles. The van der Waals surface area contributed by atoms with E-state index in [-0.39, 0.29) is 16.0 Å². The van der Waals surface area contributed by atoms with Crippen LogP contribution in [0, 0.1) is 0 Å². The third-order valence-corrected chi connectivity index (χ3v) is 0.756. The summed E-state index contributed by atoms with van der Waals surface area (Å²) in [5, 5.41) is 8.63. The molecule has 0 amide bonds. The fraction of sp³-hybridized carbons (Fsp3) is 0. The van der Waals surface area contributed by atoms with Crippen molar-refractivity contribution in [2.24, 2.45) is 0 Å². The zero-order chi connectivity index (χ0) is 7.11. The van der Waals surface area contributed by atoms with E-state index in [1.807, 2.05) is 12.9 Å². The third kappa shape index (κ3) is 9.08. The zero-order valence-electron chi connectivity index (χ0n) is 6.36. The lowest BCUT2D eigenvalue weighted by molar-refractivity contribution is -0.0979. The average Bonchev–Trinajstić information content (AvgIpc) is 1.94. The van der Waals surface area contributed by atoms with E-state index in [2.05, 4.69) is 0 Å². The van der Waals surface area contributed by atoms with Gasteiger partial charge in [0.1, 0.15) is 12.5 Å². The molecule has 0 heterocycles. The van der Waals surface area contributed by atoms with E-state index < -0.39 is 0 Å². The van der Waals surface area contributed by atoms with Crippen LogP contribution in [-0.4, -0.2) is 11.9 Å². The molecule has 0 bridgehead atoms. The molecule has 0 spiro atoms. The van der Waals surface area contributed by atoms with Crippen LogP contribution in [0.3, 0.4) is 0 Å². The Morgan fingerprint density at radius 1 is 1.09 bits per heavy atom. The summed E-state index contributed by atoms with van der Waals surface area (Å²) >= 11 is 0. The number of phenols is 1. The molecule has 0 saturated carbocycles. The molecule has 0 aliphatic heterocycles. The zero-order valence-corrected chi connectivity index (χ0v) is 7.78. The van der Waals surface area contributed by atoms with Gasteiger partial charge in [-0.1, -0.05) is 18.2 Å². The molecule has 1 atom stereocenters. The molecular weight excluding hydrogens is 161 g/mol. The van der Waals surface area contributed by atoms with Gasteiger partial charge in [0.2, 0.25) is 0 Å². The van der Waals surface area contributed by atoms with Crippen molar-refractivity contribution in [3.8, 4) is 5.75 Å². The predicted octanol–water partition coefficient (Wildman–Crippen LogP) is 1.43. The molecule has 0 aromatic heterocycles. The highest BCUT2D eigenvalue weighted by Gasteiger charge is 1.74. The first-order valence-corrected chi connectivity index (χ1v) is 2.42. The maximum atomic E-state index is 8.63. The van der Waals surface area contributed by atoms with Crippen LogP contribution in [-0.2, 0) is 4.79 Å². The monoisotopic (exact) mass is 175 g/mol. The van der Waals surface area contributed by atoms with Gasteiger partial charge in [-0.05, 0) is 12.1 Å². The molecule has 4 heteroatoms. The Labute approximate surface area is 69.6 Å². The van der Waals surface area contributed by atoms with E-state index in [4.69, 9.17) is 9.90 Å². The van der Waals surface area contributed by atoms with Gasteiger partial charge in [0.25, 0.3) is 0 Å². The maximum Gasteiger partial charge on any atom is 0.115 e. The number of para-hydroxylation sites is 1. The van der Waals surface area contributed by atoms with Crippen LogP contribution >= 0.6 is 9.90 Å². The summed E-state index contributed by atoms with van der Waals surface area (Å²) < 4.78 is 0. The van der Waals surface area contributed by atoms with Crippen molar-refractivity contribution in [1.29, 1.82) is 0 Å². The highest BCUT2D eigenvalue weighted by atomic mass is 31.0. The lowest BCUT2D eigenvalue weighted by Crippen LogP contribution is -1.56. The van der Waals surface area contributed by atoms with Gasteiger partial charge in [-0.3, -0.25) is 0 Å². The van der Waals surface area contributed by atoms with Crippen LogP contribution < -0.4 is 6.15 Å². The number of hydrogen-bond acceptors (Lipinski definition) is 3. The fourth-order valence-electron chi connectivity index (χ4n) is 0.428. The Bertz CT molecular complexity index is 158. The summed E-state index contributed by atoms with van der Waals surface area (Å²) in [5.74, 6) is 0.322.